The van der Waals surface area contributed by atoms with Crippen LogP contribution in [0.4, 0.5) is 15.9 Å². The third kappa shape index (κ3) is 2.99. The Labute approximate surface area is 165 Å². The molecule has 1 amide bonds. The number of fused-ring (bicyclic) bond motifs is 1. The van der Waals surface area contributed by atoms with Gasteiger partial charge in [0.05, 0.1) is 53.7 Å². The van der Waals surface area contributed by atoms with Gasteiger partial charge in [-0.15, -0.1) is 0 Å². The number of carbonyl (C=O) groups is 1. The number of carbonyl (C=O) groups excluding carboxylic acids is 1. The van der Waals surface area contributed by atoms with Crippen LogP contribution in [0.1, 0.15) is 28.0 Å². The Hall–Kier alpha value is -3.80. The van der Waals surface area contributed by atoms with Gasteiger partial charge < -0.3 is 9.80 Å². The summed E-state index contributed by atoms with van der Waals surface area (Å²) in [7, 11) is 0. The standard InChI is InChI=1S/C20H16FN7O/c21-14-3-4-26(10-14)19-2-1-15(9-24-19)28-11-17-18(25-28)12-27(20(17)29)16-5-13(6-22)7-23-8-16/h1-2,5,7-9,11,14H,3-4,10,12H2/t14-/m1/s1. The fraction of sp³-hybridized carbons (Fsp3) is 0.250. The summed E-state index contributed by atoms with van der Waals surface area (Å²) in [5.41, 5.74) is 2.86. The minimum absolute atomic E-state index is 0.182. The first-order chi connectivity index (χ1) is 14.1. The maximum atomic E-state index is 13.4. The molecule has 5 rings (SSSR count). The summed E-state index contributed by atoms with van der Waals surface area (Å²) in [6.07, 6.45) is 6.09. The summed E-state index contributed by atoms with van der Waals surface area (Å²) in [5.74, 6) is 0.555. The molecule has 9 heteroatoms. The average molecular weight is 389 g/mol. The van der Waals surface area contributed by atoms with Gasteiger partial charge >= 0.3 is 0 Å². The lowest BCUT2D eigenvalue weighted by Gasteiger charge is -2.17. The smallest absolute Gasteiger partial charge is 0.262 e. The fourth-order valence-electron chi connectivity index (χ4n) is 3.68. The lowest BCUT2D eigenvalue weighted by Crippen LogP contribution is -2.24. The van der Waals surface area contributed by atoms with Crippen molar-refractivity contribution < 1.29 is 9.18 Å². The number of nitriles is 1. The van der Waals surface area contributed by atoms with Gasteiger partial charge in [0.25, 0.3) is 5.91 Å². The van der Waals surface area contributed by atoms with E-state index in [2.05, 4.69) is 15.1 Å². The number of nitrogens with zero attached hydrogens (tertiary/aromatic N) is 7. The summed E-state index contributed by atoms with van der Waals surface area (Å²) in [5, 5.41) is 13.6. The first kappa shape index (κ1) is 17.3. The largest absolute Gasteiger partial charge is 0.354 e. The van der Waals surface area contributed by atoms with Crippen molar-refractivity contribution in [2.75, 3.05) is 22.9 Å². The SMILES string of the molecule is N#Cc1cncc(N2Cc3nn(-c4ccc(N5CC[C@@H](F)C5)nc4)cc3C2=O)c1. The topological polar surface area (TPSA) is 90.9 Å². The van der Waals surface area contributed by atoms with Crippen molar-refractivity contribution in [1.29, 1.82) is 5.26 Å². The second kappa shape index (κ2) is 6.67. The number of amides is 1. The second-order valence-electron chi connectivity index (χ2n) is 7.08. The second-order valence-corrected chi connectivity index (χ2v) is 7.08. The highest BCUT2D eigenvalue weighted by atomic mass is 19.1. The zero-order valence-corrected chi connectivity index (χ0v) is 15.4. The molecule has 0 spiro atoms. The molecular formula is C20H16FN7O. The first-order valence-electron chi connectivity index (χ1n) is 9.23. The van der Waals surface area contributed by atoms with Crippen LogP contribution in [0.25, 0.3) is 5.69 Å². The van der Waals surface area contributed by atoms with E-state index in [1.807, 2.05) is 23.1 Å². The molecule has 0 N–H and O–H groups in total. The Morgan fingerprint density at radius 3 is 2.79 bits per heavy atom. The third-order valence-electron chi connectivity index (χ3n) is 5.19. The number of hydrogen-bond acceptors (Lipinski definition) is 6. The van der Waals surface area contributed by atoms with Crippen LogP contribution in [-0.4, -0.2) is 44.9 Å². The lowest BCUT2D eigenvalue weighted by molar-refractivity contribution is 0.0996. The van der Waals surface area contributed by atoms with E-state index < -0.39 is 6.17 Å². The van der Waals surface area contributed by atoms with Crippen molar-refractivity contribution in [3.8, 4) is 11.8 Å². The normalized spacial score (nSPS) is 18.2. The Morgan fingerprint density at radius 2 is 2.10 bits per heavy atom. The third-order valence-corrected chi connectivity index (χ3v) is 5.19. The Bertz CT molecular complexity index is 1130. The highest BCUT2D eigenvalue weighted by Crippen LogP contribution is 2.28. The molecule has 2 aliphatic rings. The molecular weight excluding hydrogens is 373 g/mol. The molecule has 0 saturated carbocycles. The van der Waals surface area contributed by atoms with Crippen molar-refractivity contribution in [3.05, 3.63) is 59.8 Å². The van der Waals surface area contributed by atoms with Crippen LogP contribution >= 0.6 is 0 Å². The molecule has 3 aromatic heterocycles. The van der Waals surface area contributed by atoms with E-state index in [1.54, 1.807) is 34.2 Å². The molecule has 5 heterocycles. The van der Waals surface area contributed by atoms with Crippen molar-refractivity contribution in [1.82, 2.24) is 19.7 Å². The summed E-state index contributed by atoms with van der Waals surface area (Å²) < 4.78 is 15.0. The predicted molar refractivity (Wildman–Crippen MR) is 103 cm³/mol. The first-order valence-corrected chi connectivity index (χ1v) is 9.23. The van der Waals surface area contributed by atoms with Crippen LogP contribution in [0.5, 0.6) is 0 Å². The number of anilines is 2. The fourth-order valence-corrected chi connectivity index (χ4v) is 3.68. The van der Waals surface area contributed by atoms with Gasteiger partial charge in [-0.1, -0.05) is 0 Å². The molecule has 0 aliphatic carbocycles. The molecule has 1 fully saturated rings. The molecule has 1 atom stereocenters. The maximum Gasteiger partial charge on any atom is 0.262 e. The molecule has 1 saturated heterocycles. The van der Waals surface area contributed by atoms with Gasteiger partial charge in [-0.25, -0.2) is 14.1 Å². The maximum absolute atomic E-state index is 13.4. The molecule has 2 aliphatic heterocycles. The van der Waals surface area contributed by atoms with Gasteiger partial charge in [-0.05, 0) is 24.6 Å². The predicted octanol–water partition coefficient (Wildman–Crippen LogP) is 2.24. The van der Waals surface area contributed by atoms with Gasteiger partial charge in [0.1, 0.15) is 18.1 Å². The van der Waals surface area contributed by atoms with Gasteiger partial charge in [0, 0.05) is 18.9 Å². The van der Waals surface area contributed by atoms with Crippen LogP contribution in [0.3, 0.4) is 0 Å². The van der Waals surface area contributed by atoms with E-state index >= 15 is 0 Å². The summed E-state index contributed by atoms with van der Waals surface area (Å²) in [4.78, 5) is 24.7. The number of aromatic nitrogens is 4. The zero-order valence-electron chi connectivity index (χ0n) is 15.4. The molecule has 0 bridgehead atoms. The minimum atomic E-state index is -0.802. The van der Waals surface area contributed by atoms with E-state index in [1.165, 1.54) is 6.20 Å². The van der Waals surface area contributed by atoms with Crippen LogP contribution in [0, 0.1) is 11.3 Å². The van der Waals surface area contributed by atoms with E-state index in [4.69, 9.17) is 5.26 Å². The Morgan fingerprint density at radius 1 is 1.21 bits per heavy atom. The van der Waals surface area contributed by atoms with E-state index in [0.29, 0.717) is 48.6 Å². The average Bonchev–Trinajstić information content (AvgIpc) is 3.44. The van der Waals surface area contributed by atoms with E-state index in [0.717, 1.165) is 11.5 Å². The summed E-state index contributed by atoms with van der Waals surface area (Å²) >= 11 is 0. The van der Waals surface area contributed by atoms with Crippen molar-refractivity contribution in [3.63, 3.8) is 0 Å². The molecule has 29 heavy (non-hydrogen) atoms. The number of rotatable bonds is 3. The monoisotopic (exact) mass is 389 g/mol. The Kier molecular flexibility index (Phi) is 3.98. The van der Waals surface area contributed by atoms with Crippen molar-refractivity contribution in [2.24, 2.45) is 0 Å². The highest BCUT2D eigenvalue weighted by Gasteiger charge is 2.32. The zero-order chi connectivity index (χ0) is 20.0. The number of alkyl halides is 1. The summed E-state index contributed by atoms with van der Waals surface area (Å²) in [6.45, 7) is 1.35. The minimum Gasteiger partial charge on any atom is -0.354 e. The van der Waals surface area contributed by atoms with E-state index in [-0.39, 0.29) is 5.91 Å². The summed E-state index contributed by atoms with van der Waals surface area (Å²) in [6, 6.07) is 7.36. The van der Waals surface area contributed by atoms with Gasteiger partial charge in [0.2, 0.25) is 0 Å². The van der Waals surface area contributed by atoms with Crippen LogP contribution in [-0.2, 0) is 6.54 Å². The van der Waals surface area contributed by atoms with Gasteiger partial charge in [0.15, 0.2) is 0 Å². The highest BCUT2D eigenvalue weighted by molar-refractivity contribution is 6.09. The van der Waals surface area contributed by atoms with Crippen LogP contribution in [0.15, 0.2) is 43.0 Å². The quantitative estimate of drug-likeness (QED) is 0.682. The lowest BCUT2D eigenvalue weighted by atomic mass is 10.2. The molecule has 0 unspecified atom stereocenters. The van der Waals surface area contributed by atoms with Crippen LogP contribution < -0.4 is 9.80 Å². The van der Waals surface area contributed by atoms with Gasteiger partial charge in [-0.2, -0.15) is 10.4 Å². The molecule has 144 valence electrons. The number of pyridine rings is 2. The Balaban J connectivity index is 1.37. The molecule has 0 aromatic carbocycles. The van der Waals surface area contributed by atoms with Crippen molar-refractivity contribution >= 4 is 17.4 Å². The van der Waals surface area contributed by atoms with Crippen LogP contribution in [0.2, 0.25) is 0 Å². The number of hydrogen-bond donors (Lipinski definition) is 0. The molecule has 3 aromatic rings. The van der Waals surface area contributed by atoms with Gasteiger partial charge in [-0.3, -0.25) is 9.78 Å². The number of halogens is 1. The van der Waals surface area contributed by atoms with Crippen molar-refractivity contribution in [2.45, 2.75) is 19.1 Å². The molecule has 0 radical (unpaired) electrons. The molecule has 8 nitrogen and oxygen atoms in total. The van der Waals surface area contributed by atoms with E-state index in [9.17, 15) is 9.18 Å².